The van der Waals surface area contributed by atoms with Gasteiger partial charge >= 0.3 is 5.97 Å². The van der Waals surface area contributed by atoms with Gasteiger partial charge in [-0.1, -0.05) is 0 Å². The van der Waals surface area contributed by atoms with Crippen molar-refractivity contribution in [1.82, 2.24) is 4.98 Å². The van der Waals surface area contributed by atoms with E-state index in [0.29, 0.717) is 12.1 Å². The number of fused-ring (bicyclic) bond motifs is 1. The van der Waals surface area contributed by atoms with Crippen molar-refractivity contribution in [3.05, 3.63) is 34.5 Å². The van der Waals surface area contributed by atoms with Crippen LogP contribution in [0.5, 0.6) is 0 Å². The van der Waals surface area contributed by atoms with E-state index in [1.807, 2.05) is 13.8 Å². The van der Waals surface area contributed by atoms with Crippen LogP contribution in [-0.4, -0.2) is 22.6 Å². The smallest absolute Gasteiger partial charge is 0.335 e. The van der Waals surface area contributed by atoms with E-state index in [9.17, 15) is 4.79 Å². The van der Waals surface area contributed by atoms with E-state index in [2.05, 4.69) is 4.98 Å². The number of carboxylic acid groups (broad SMARTS) is 1. The predicted octanol–water partition coefficient (Wildman–Crippen LogP) is 2.37. The molecular formula is C14H18N2O2. The van der Waals surface area contributed by atoms with Crippen LogP contribution in [0.4, 0.5) is 0 Å². The number of carbonyl (C=O) groups is 1. The third kappa shape index (κ3) is 2.11. The highest BCUT2D eigenvalue weighted by Crippen LogP contribution is 2.27. The molecule has 4 N–H and O–H groups in total. The summed E-state index contributed by atoms with van der Waals surface area (Å²) in [5.41, 5.74) is 10.2. The maximum absolute atomic E-state index is 11.1. The van der Waals surface area contributed by atoms with Gasteiger partial charge in [-0.15, -0.1) is 0 Å². The SMILES string of the molecule is Cc1[nH]c2c(C)cc(C(=O)O)cc2c1CCCN. The van der Waals surface area contributed by atoms with E-state index >= 15 is 0 Å². The fourth-order valence-electron chi connectivity index (χ4n) is 2.38. The minimum absolute atomic E-state index is 0.341. The molecule has 4 nitrogen and oxygen atoms in total. The standard InChI is InChI=1S/C14H18N2O2/c1-8-6-10(14(17)18)7-12-11(4-3-5-15)9(2)16-13(8)12/h6-7,16H,3-5,15H2,1-2H3,(H,17,18). The summed E-state index contributed by atoms with van der Waals surface area (Å²) < 4.78 is 0. The zero-order chi connectivity index (χ0) is 13.3. The van der Waals surface area contributed by atoms with E-state index < -0.39 is 5.97 Å². The van der Waals surface area contributed by atoms with E-state index in [4.69, 9.17) is 10.8 Å². The maximum atomic E-state index is 11.1. The first-order valence-corrected chi connectivity index (χ1v) is 6.09. The van der Waals surface area contributed by atoms with Gasteiger partial charge in [0.2, 0.25) is 0 Å². The van der Waals surface area contributed by atoms with Crippen molar-refractivity contribution >= 4 is 16.9 Å². The fraction of sp³-hybridized carbons (Fsp3) is 0.357. The summed E-state index contributed by atoms with van der Waals surface area (Å²) in [5, 5.41) is 10.1. The molecule has 1 heterocycles. The fourth-order valence-corrected chi connectivity index (χ4v) is 2.38. The van der Waals surface area contributed by atoms with Gasteiger partial charge in [-0.3, -0.25) is 0 Å². The molecule has 0 aliphatic rings. The Morgan fingerprint density at radius 1 is 1.39 bits per heavy atom. The summed E-state index contributed by atoms with van der Waals surface area (Å²) >= 11 is 0. The molecule has 96 valence electrons. The maximum Gasteiger partial charge on any atom is 0.335 e. The van der Waals surface area contributed by atoms with Crippen LogP contribution in [0.1, 0.15) is 33.6 Å². The van der Waals surface area contributed by atoms with Crippen LogP contribution in [0.3, 0.4) is 0 Å². The topological polar surface area (TPSA) is 79.1 Å². The summed E-state index contributed by atoms with van der Waals surface area (Å²) in [5.74, 6) is -0.886. The van der Waals surface area contributed by atoms with Gasteiger partial charge in [0.25, 0.3) is 0 Å². The molecule has 0 unspecified atom stereocenters. The van der Waals surface area contributed by atoms with Crippen molar-refractivity contribution in [3.63, 3.8) is 0 Å². The molecule has 0 saturated heterocycles. The summed E-state index contributed by atoms with van der Waals surface area (Å²) in [6.07, 6.45) is 1.79. The lowest BCUT2D eigenvalue weighted by atomic mass is 10.0. The van der Waals surface area contributed by atoms with Crippen molar-refractivity contribution in [2.75, 3.05) is 6.54 Å². The largest absolute Gasteiger partial charge is 0.478 e. The second-order valence-corrected chi connectivity index (χ2v) is 4.64. The van der Waals surface area contributed by atoms with E-state index in [1.165, 1.54) is 5.56 Å². The molecule has 2 aromatic rings. The van der Waals surface area contributed by atoms with Crippen molar-refractivity contribution < 1.29 is 9.90 Å². The molecule has 0 amide bonds. The summed E-state index contributed by atoms with van der Waals surface area (Å²) in [6.45, 7) is 4.59. The number of aromatic carboxylic acids is 1. The molecule has 18 heavy (non-hydrogen) atoms. The Hall–Kier alpha value is -1.81. The van der Waals surface area contributed by atoms with Crippen molar-refractivity contribution in [3.8, 4) is 0 Å². The first-order chi connectivity index (χ1) is 8.54. The summed E-state index contributed by atoms with van der Waals surface area (Å²) in [6, 6.07) is 3.45. The van der Waals surface area contributed by atoms with E-state index in [0.717, 1.165) is 35.0 Å². The number of rotatable bonds is 4. The number of carboxylic acids is 1. The van der Waals surface area contributed by atoms with Gasteiger partial charge in [-0.2, -0.15) is 0 Å². The lowest BCUT2D eigenvalue weighted by Crippen LogP contribution is -2.01. The van der Waals surface area contributed by atoms with Crippen LogP contribution in [0.2, 0.25) is 0 Å². The molecule has 1 aromatic carbocycles. The van der Waals surface area contributed by atoms with Crippen LogP contribution in [0.15, 0.2) is 12.1 Å². The van der Waals surface area contributed by atoms with Crippen LogP contribution < -0.4 is 5.73 Å². The second-order valence-electron chi connectivity index (χ2n) is 4.64. The average molecular weight is 246 g/mol. The van der Waals surface area contributed by atoms with Crippen LogP contribution >= 0.6 is 0 Å². The molecule has 0 fully saturated rings. The number of nitrogens with one attached hydrogen (secondary N) is 1. The molecule has 0 aliphatic carbocycles. The second kappa shape index (κ2) is 4.82. The Balaban J connectivity index is 2.63. The monoisotopic (exact) mass is 246 g/mol. The highest BCUT2D eigenvalue weighted by atomic mass is 16.4. The van der Waals surface area contributed by atoms with E-state index in [-0.39, 0.29) is 0 Å². The number of aromatic nitrogens is 1. The Morgan fingerprint density at radius 3 is 2.72 bits per heavy atom. The van der Waals surface area contributed by atoms with Crippen LogP contribution in [0.25, 0.3) is 10.9 Å². The van der Waals surface area contributed by atoms with Crippen molar-refractivity contribution in [1.29, 1.82) is 0 Å². The number of hydrogen-bond donors (Lipinski definition) is 3. The molecule has 4 heteroatoms. The molecule has 0 bridgehead atoms. The lowest BCUT2D eigenvalue weighted by molar-refractivity contribution is 0.0697. The highest BCUT2D eigenvalue weighted by Gasteiger charge is 2.13. The zero-order valence-corrected chi connectivity index (χ0v) is 10.7. The first kappa shape index (κ1) is 12.6. The number of aromatic amines is 1. The highest BCUT2D eigenvalue weighted by molar-refractivity contribution is 5.96. The van der Waals surface area contributed by atoms with Gasteiger partial charge in [0.1, 0.15) is 0 Å². The Labute approximate surface area is 106 Å². The van der Waals surface area contributed by atoms with Gasteiger partial charge < -0.3 is 15.8 Å². The lowest BCUT2D eigenvalue weighted by Gasteiger charge is -2.03. The van der Waals surface area contributed by atoms with Gasteiger partial charge in [-0.25, -0.2) is 4.79 Å². The van der Waals surface area contributed by atoms with Crippen molar-refractivity contribution in [2.45, 2.75) is 26.7 Å². The van der Waals surface area contributed by atoms with E-state index in [1.54, 1.807) is 12.1 Å². The number of nitrogens with two attached hydrogens (primary N) is 1. The van der Waals surface area contributed by atoms with Gasteiger partial charge in [0, 0.05) is 16.6 Å². The van der Waals surface area contributed by atoms with Gasteiger partial charge in [0.15, 0.2) is 0 Å². The number of H-pyrrole nitrogens is 1. The summed E-state index contributed by atoms with van der Waals surface area (Å²) in [7, 11) is 0. The Bertz CT molecular complexity index is 599. The molecule has 0 aliphatic heterocycles. The number of aryl methyl sites for hydroxylation is 3. The van der Waals surface area contributed by atoms with Crippen molar-refractivity contribution in [2.24, 2.45) is 5.73 Å². The number of hydrogen-bond acceptors (Lipinski definition) is 2. The summed E-state index contributed by atoms with van der Waals surface area (Å²) in [4.78, 5) is 14.4. The zero-order valence-electron chi connectivity index (χ0n) is 10.7. The molecule has 0 saturated carbocycles. The van der Waals surface area contributed by atoms with Gasteiger partial charge in [0.05, 0.1) is 5.56 Å². The predicted molar refractivity (Wildman–Crippen MR) is 72.1 cm³/mol. The number of benzene rings is 1. The molecule has 1 aromatic heterocycles. The first-order valence-electron chi connectivity index (χ1n) is 6.09. The molecular weight excluding hydrogens is 228 g/mol. The molecule has 0 radical (unpaired) electrons. The van der Waals surface area contributed by atoms with Crippen LogP contribution in [-0.2, 0) is 6.42 Å². The van der Waals surface area contributed by atoms with Crippen LogP contribution in [0, 0.1) is 13.8 Å². The minimum Gasteiger partial charge on any atom is -0.478 e. The quantitative estimate of drug-likeness (QED) is 0.775. The molecule has 0 spiro atoms. The minimum atomic E-state index is -0.886. The average Bonchev–Trinajstić information content (AvgIpc) is 2.63. The molecule has 0 atom stereocenters. The normalized spacial score (nSPS) is 11.1. The van der Waals surface area contributed by atoms with Gasteiger partial charge in [-0.05, 0) is 56.5 Å². The Morgan fingerprint density at radius 2 is 2.11 bits per heavy atom. The Kier molecular flexibility index (Phi) is 3.39. The molecule has 2 rings (SSSR count). The third-order valence-corrected chi connectivity index (χ3v) is 3.30. The third-order valence-electron chi connectivity index (χ3n) is 3.30.